The van der Waals surface area contributed by atoms with Gasteiger partial charge in [-0.05, 0) is 33.4 Å². The second kappa shape index (κ2) is 7.18. The molecule has 2 nitrogen and oxygen atoms in total. The van der Waals surface area contributed by atoms with Gasteiger partial charge in [-0.2, -0.15) is 0 Å². The monoisotopic (exact) mass is 206 g/mol. The minimum absolute atomic E-state index is 0. The van der Waals surface area contributed by atoms with E-state index in [1.165, 1.54) is 6.42 Å². The molecule has 0 radical (unpaired) electrons. The van der Waals surface area contributed by atoms with Gasteiger partial charge in [0, 0.05) is 13.5 Å². The van der Waals surface area contributed by atoms with Crippen molar-refractivity contribution in [1.82, 2.24) is 4.90 Å². The Morgan fingerprint density at radius 2 is 1.86 bits per heavy atom. The molecule has 2 N–H and O–H groups in total. The summed E-state index contributed by atoms with van der Waals surface area (Å²) in [4.78, 5) is 2.09. The van der Waals surface area contributed by atoms with E-state index in [0.717, 1.165) is 6.42 Å². The van der Waals surface area contributed by atoms with Crippen LogP contribution in [0.1, 0.15) is 41.0 Å². The molecule has 0 spiro atoms. The molecular weight excluding hydrogens is 179 g/mol. The molecule has 0 aromatic carbocycles. The van der Waals surface area contributed by atoms with Gasteiger partial charge in [0.05, 0.1) is 0 Å². The number of rotatable bonds is 1. The highest BCUT2D eigenvalue weighted by Crippen LogP contribution is 2.22. The molecule has 1 rings (SSSR count). The molecule has 0 aliphatic heterocycles. The van der Waals surface area contributed by atoms with E-state index < -0.39 is 6.17 Å². The summed E-state index contributed by atoms with van der Waals surface area (Å²) < 4.78 is 12.8. The lowest BCUT2D eigenvalue weighted by molar-refractivity contribution is 0.140. The van der Waals surface area contributed by atoms with Crippen LogP contribution in [-0.4, -0.2) is 37.3 Å². The fourth-order valence-corrected chi connectivity index (χ4v) is 1.78. The minimum atomic E-state index is -0.666. The van der Waals surface area contributed by atoms with Gasteiger partial charge in [-0.15, -0.1) is 0 Å². The number of nitrogens with zero attached hydrogens (tertiary/aromatic N) is 1. The van der Waals surface area contributed by atoms with Gasteiger partial charge < -0.3 is 10.6 Å². The summed E-state index contributed by atoms with van der Waals surface area (Å²) in [6, 6.07) is 0.399. The Bertz CT molecular complexity index is 145. The Balaban J connectivity index is 0. The third-order valence-electron chi connectivity index (χ3n) is 2.46. The number of nitrogens with two attached hydrogens (primary N) is 1. The van der Waals surface area contributed by atoms with Crippen molar-refractivity contribution in [1.29, 1.82) is 0 Å². The molecule has 1 saturated carbocycles. The number of hydrogen-bond donors (Lipinski definition) is 1. The van der Waals surface area contributed by atoms with Crippen LogP contribution in [0.3, 0.4) is 0 Å². The van der Waals surface area contributed by atoms with Gasteiger partial charge >= 0.3 is 0 Å². The topological polar surface area (TPSA) is 29.3 Å². The highest BCUT2D eigenvalue weighted by Gasteiger charge is 2.28. The van der Waals surface area contributed by atoms with Crippen LogP contribution in [0.5, 0.6) is 0 Å². The Hall–Kier alpha value is -0.150. The molecule has 0 amide bonds. The van der Waals surface area contributed by atoms with Crippen molar-refractivity contribution in [3.8, 4) is 0 Å². The highest BCUT2D eigenvalue weighted by atomic mass is 19.1. The van der Waals surface area contributed by atoms with Crippen LogP contribution in [0.15, 0.2) is 0 Å². The highest BCUT2D eigenvalue weighted by molar-refractivity contribution is 4.87. The molecule has 0 saturated heterocycles. The molecule has 1 aliphatic rings. The zero-order chi connectivity index (χ0) is 11.1. The van der Waals surface area contributed by atoms with E-state index in [9.17, 15) is 4.39 Å². The lowest BCUT2D eigenvalue weighted by atomic mass is 9.89. The van der Waals surface area contributed by atoms with Crippen molar-refractivity contribution in [2.75, 3.05) is 14.1 Å². The average molecular weight is 206 g/mol. The first-order valence-corrected chi connectivity index (χ1v) is 5.58. The van der Waals surface area contributed by atoms with Crippen LogP contribution in [0.4, 0.5) is 4.39 Å². The molecule has 3 heteroatoms. The molecule has 1 unspecified atom stereocenters. The van der Waals surface area contributed by atoms with E-state index >= 15 is 0 Å². The van der Waals surface area contributed by atoms with E-state index in [-0.39, 0.29) is 7.47 Å². The van der Waals surface area contributed by atoms with Crippen LogP contribution in [0.25, 0.3) is 0 Å². The molecule has 1 aliphatic carbocycles. The van der Waals surface area contributed by atoms with E-state index in [1.54, 1.807) is 0 Å². The number of hydrogen-bond acceptors (Lipinski definition) is 2. The van der Waals surface area contributed by atoms with Crippen molar-refractivity contribution >= 4 is 0 Å². The largest absolute Gasteiger partial charge is 0.326 e. The van der Waals surface area contributed by atoms with Crippen LogP contribution in [0, 0.1) is 0 Å². The van der Waals surface area contributed by atoms with Gasteiger partial charge in [0.1, 0.15) is 6.17 Å². The van der Waals surface area contributed by atoms with Crippen molar-refractivity contribution in [2.24, 2.45) is 5.73 Å². The van der Waals surface area contributed by atoms with Crippen molar-refractivity contribution in [2.45, 2.75) is 57.8 Å². The SMILES string of the molecule is CCC.CN(C)[C@H]1CCC(F)C[C@@H]1N.[HH]. The summed E-state index contributed by atoms with van der Waals surface area (Å²) in [6.45, 7) is 4.25. The van der Waals surface area contributed by atoms with Gasteiger partial charge in [-0.1, -0.05) is 20.3 Å². The van der Waals surface area contributed by atoms with Crippen LogP contribution < -0.4 is 5.73 Å². The number of halogens is 1. The first-order valence-electron chi connectivity index (χ1n) is 5.58. The third kappa shape index (κ3) is 4.91. The Morgan fingerprint density at radius 1 is 1.36 bits per heavy atom. The summed E-state index contributed by atoms with van der Waals surface area (Å²) in [5, 5.41) is 0. The molecule has 0 bridgehead atoms. The van der Waals surface area contributed by atoms with Crippen LogP contribution in [0.2, 0.25) is 0 Å². The maximum Gasteiger partial charge on any atom is 0.102 e. The Labute approximate surface area is 89.1 Å². The van der Waals surface area contributed by atoms with Gasteiger partial charge in [0.25, 0.3) is 0 Å². The quantitative estimate of drug-likeness (QED) is 0.714. The standard InChI is InChI=1S/C8H17FN2.C3H8.H2/c1-11(2)8-4-3-6(9)5-7(8)10;1-3-2;/h6-8H,3-5,10H2,1-2H3;3H2,1-2H3;1H/t6?,7-,8-;;/m0../s1. The van der Waals surface area contributed by atoms with Gasteiger partial charge in [-0.25, -0.2) is 4.39 Å². The van der Waals surface area contributed by atoms with Crippen molar-refractivity contribution < 1.29 is 5.82 Å². The summed E-state index contributed by atoms with van der Waals surface area (Å²) >= 11 is 0. The first-order chi connectivity index (χ1) is 6.52. The van der Waals surface area contributed by atoms with Gasteiger partial charge in [0.2, 0.25) is 0 Å². The number of likely N-dealkylation sites (N-methyl/N-ethyl adjacent to an activating group) is 1. The lowest BCUT2D eigenvalue weighted by Gasteiger charge is -2.35. The predicted molar refractivity (Wildman–Crippen MR) is 62.3 cm³/mol. The van der Waals surface area contributed by atoms with E-state index in [0.29, 0.717) is 18.9 Å². The molecule has 88 valence electrons. The van der Waals surface area contributed by atoms with Crippen molar-refractivity contribution in [3.05, 3.63) is 0 Å². The second-order valence-electron chi connectivity index (χ2n) is 4.31. The zero-order valence-electron chi connectivity index (χ0n) is 9.96. The second-order valence-corrected chi connectivity index (χ2v) is 4.31. The third-order valence-corrected chi connectivity index (χ3v) is 2.46. The lowest BCUT2D eigenvalue weighted by Crippen LogP contribution is -2.48. The number of alkyl halides is 1. The Kier molecular flexibility index (Phi) is 7.11. The summed E-state index contributed by atoms with van der Waals surface area (Å²) in [6.07, 6.45) is 2.69. The molecule has 3 atom stereocenters. The molecule has 0 heterocycles. The molecule has 1 fully saturated rings. The normalized spacial score (nSPS) is 32.4. The summed E-state index contributed by atoms with van der Waals surface area (Å²) in [5.74, 6) is 0. The van der Waals surface area contributed by atoms with E-state index in [2.05, 4.69) is 18.7 Å². The van der Waals surface area contributed by atoms with E-state index in [1.807, 2.05) is 14.1 Å². The van der Waals surface area contributed by atoms with Gasteiger partial charge in [0.15, 0.2) is 0 Å². The molecule has 0 aromatic rings. The summed E-state index contributed by atoms with van der Waals surface area (Å²) in [7, 11) is 4.01. The smallest absolute Gasteiger partial charge is 0.102 e. The minimum Gasteiger partial charge on any atom is -0.326 e. The fraction of sp³-hybridized carbons (Fsp3) is 1.00. The molecular formula is C11H27FN2. The zero-order valence-corrected chi connectivity index (χ0v) is 9.96. The fourth-order valence-electron chi connectivity index (χ4n) is 1.78. The molecule has 14 heavy (non-hydrogen) atoms. The maximum absolute atomic E-state index is 12.8. The van der Waals surface area contributed by atoms with E-state index in [4.69, 9.17) is 5.73 Å². The predicted octanol–water partition coefficient (Wildman–Crippen LogP) is 2.43. The van der Waals surface area contributed by atoms with Crippen LogP contribution in [-0.2, 0) is 0 Å². The Morgan fingerprint density at radius 3 is 2.21 bits per heavy atom. The maximum atomic E-state index is 12.8. The van der Waals surface area contributed by atoms with Gasteiger partial charge in [-0.3, -0.25) is 0 Å². The molecule has 0 aromatic heterocycles. The van der Waals surface area contributed by atoms with Crippen molar-refractivity contribution in [3.63, 3.8) is 0 Å². The van der Waals surface area contributed by atoms with Crippen LogP contribution >= 0.6 is 0 Å². The summed E-state index contributed by atoms with van der Waals surface area (Å²) in [5.41, 5.74) is 5.79. The average Bonchev–Trinajstić information content (AvgIpc) is 2.04. The first kappa shape index (κ1) is 13.8.